The Morgan fingerprint density at radius 1 is 0.642 bits per heavy atom. The summed E-state index contributed by atoms with van der Waals surface area (Å²) >= 11 is 0. The Bertz CT molecular complexity index is 2030. The number of rotatable bonds is 0. The molecule has 0 aromatic carbocycles. The largest absolute Gasteiger partial charge is 3.00 e. The van der Waals surface area contributed by atoms with E-state index < -0.39 is 0 Å². The Morgan fingerprint density at radius 3 is 1.94 bits per heavy atom. The van der Waals surface area contributed by atoms with Crippen molar-refractivity contribution in [3.63, 3.8) is 0 Å². The minimum Gasteiger partial charge on any atom is -0.683 e. The van der Waals surface area contributed by atoms with E-state index in [9.17, 15) is 0 Å². The number of hydrogen-bond acceptors (Lipinski definition) is 5. The molecule has 0 aliphatic carbocycles. The van der Waals surface area contributed by atoms with E-state index >= 15 is 0 Å². The molecule has 0 saturated carbocycles. The average Bonchev–Trinajstić information content (AvgIpc) is 3.88. The maximum absolute atomic E-state index is 4.95. The molecule has 8 nitrogen and oxygen atoms in total. The number of nitrogens with zero attached hydrogens (tertiary/aromatic N) is 8. The van der Waals surface area contributed by atoms with Crippen molar-refractivity contribution in [2.75, 3.05) is 0 Å². The van der Waals surface area contributed by atoms with Crippen molar-refractivity contribution in [3.05, 3.63) is 148 Å². The monoisotopic (exact) mass is 792 g/mol. The summed E-state index contributed by atoms with van der Waals surface area (Å²) in [5, 5.41) is 6.05. The van der Waals surface area contributed by atoms with Crippen LogP contribution >= 0.6 is 0 Å². The molecule has 10 heterocycles. The van der Waals surface area contributed by atoms with Crippen LogP contribution in [0.2, 0.25) is 0 Å². The van der Waals surface area contributed by atoms with Crippen molar-refractivity contribution in [3.8, 4) is 0 Å². The molecule has 279 valence electrons. The van der Waals surface area contributed by atoms with Crippen LogP contribution in [0, 0.1) is 29.7 Å². The van der Waals surface area contributed by atoms with Crippen LogP contribution in [0.25, 0.3) is 46.0 Å². The van der Waals surface area contributed by atoms with Gasteiger partial charge in [-0.15, -0.1) is 11.0 Å². The quantitative estimate of drug-likeness (QED) is 0.116. The molecule has 2 atom stereocenters. The average molecular weight is 793 g/mol. The van der Waals surface area contributed by atoms with Crippen LogP contribution in [0.5, 0.6) is 0 Å². The van der Waals surface area contributed by atoms with Gasteiger partial charge in [-0.2, -0.15) is 5.70 Å². The van der Waals surface area contributed by atoms with Crippen molar-refractivity contribution in [1.82, 2.24) is 15.0 Å². The minimum atomic E-state index is 0. The van der Waals surface area contributed by atoms with Gasteiger partial charge in [-0.25, -0.2) is 0 Å². The van der Waals surface area contributed by atoms with E-state index in [1.807, 2.05) is 65.4 Å². The normalized spacial score (nSPS) is 19.6. The second-order valence-electron chi connectivity index (χ2n) is 12.9. The summed E-state index contributed by atoms with van der Waals surface area (Å²) < 4.78 is 2.01. The smallest absolute Gasteiger partial charge is 0.683 e. The van der Waals surface area contributed by atoms with Gasteiger partial charge in [0.2, 0.25) is 0 Å². The van der Waals surface area contributed by atoms with E-state index in [-0.39, 0.29) is 63.3 Å². The van der Waals surface area contributed by atoms with Gasteiger partial charge in [0.1, 0.15) is 12.4 Å². The van der Waals surface area contributed by atoms with Gasteiger partial charge in [0.05, 0.1) is 23.3 Å². The van der Waals surface area contributed by atoms with Crippen LogP contribution in [-0.2, 0) is 33.6 Å². The van der Waals surface area contributed by atoms with Gasteiger partial charge in [0, 0.05) is 57.0 Å². The zero-order valence-electron chi connectivity index (χ0n) is 30.8. The molecule has 10 heteroatoms. The van der Waals surface area contributed by atoms with E-state index in [4.69, 9.17) is 20.3 Å². The van der Waals surface area contributed by atoms with Gasteiger partial charge in [-0.1, -0.05) is 60.3 Å². The van der Waals surface area contributed by atoms with E-state index in [0.717, 1.165) is 90.6 Å². The molecule has 7 aliphatic rings. The summed E-state index contributed by atoms with van der Waals surface area (Å²) in [5.74, 6) is 0. The number of allylic oxidation sites excluding steroid dienone is 6. The molecular weight excluding hydrogens is 746 g/mol. The Morgan fingerprint density at radius 2 is 1.25 bits per heavy atom. The number of aromatic nitrogens is 4. The summed E-state index contributed by atoms with van der Waals surface area (Å²) in [6.45, 7) is 0. The second-order valence-corrected chi connectivity index (χ2v) is 12.9. The predicted octanol–water partition coefficient (Wildman–Crippen LogP) is 9.32. The molecule has 0 amide bonds. The van der Waals surface area contributed by atoms with E-state index in [1.54, 1.807) is 0 Å². The van der Waals surface area contributed by atoms with Gasteiger partial charge >= 0.3 is 16.8 Å². The van der Waals surface area contributed by atoms with Crippen LogP contribution in [0.15, 0.2) is 105 Å². The fraction of sp³-hybridized carbons (Fsp3) is 0.233. The zero-order chi connectivity index (χ0) is 31.2. The summed E-state index contributed by atoms with van der Waals surface area (Å²) in [5.41, 5.74) is 12.7. The van der Waals surface area contributed by atoms with Gasteiger partial charge in [0.25, 0.3) is 0 Å². The predicted molar refractivity (Wildman–Crippen MR) is 215 cm³/mol. The van der Waals surface area contributed by atoms with Crippen molar-refractivity contribution in [2.24, 2.45) is 15.0 Å². The van der Waals surface area contributed by atoms with Crippen LogP contribution in [0.3, 0.4) is 0 Å². The number of aliphatic imine (C=N–C) groups is 3. The van der Waals surface area contributed by atoms with Gasteiger partial charge in [-0.3, -0.25) is 29.3 Å². The molecule has 2 unspecified atom stereocenters. The zero-order valence-corrected chi connectivity index (χ0v) is 32.9. The maximum Gasteiger partial charge on any atom is 3.00 e. The molecule has 16 bridgehead atoms. The SMILES string of the molecule is C1=C2CCC(=N2)C=C2CCC([N-]2)C2CCC(=N2)C=C2CCC1=N2.C1=Cc2cc3ccc(cc4nc(c[n+]5ccc(cc1n2)[cH-]5)C=C4)[n-]3.[CH3-].[CH3-].[CH3-].[CH3-].[Co+3].[Co]. The molecule has 1 radical (unpaired) electrons. The number of fused-ring (bicyclic) bond motifs is 14. The van der Waals surface area contributed by atoms with Gasteiger partial charge in [-0.05, 0) is 81.4 Å². The Balaban J connectivity index is 0.000000257. The van der Waals surface area contributed by atoms with Crippen LogP contribution in [0.4, 0.5) is 0 Å². The van der Waals surface area contributed by atoms with Crippen LogP contribution in [-0.4, -0.2) is 39.2 Å². The van der Waals surface area contributed by atoms with Gasteiger partial charge < -0.3 is 40.0 Å². The maximum atomic E-state index is 4.95. The Labute approximate surface area is 335 Å². The molecule has 7 aliphatic heterocycles. The fourth-order valence-corrected chi connectivity index (χ4v) is 7.03. The molecule has 3 aromatic rings. The summed E-state index contributed by atoms with van der Waals surface area (Å²) in [7, 11) is 0. The third kappa shape index (κ3) is 10.00. The number of hydrogen-bond donors (Lipinski definition) is 0. The standard InChI is InChI=1S/C20H13N4.C19H21N4.4CH3.2Co/c1-2-16-10-17-3-4-18(22-17)11-19-5-6-20(23-19)13-24-8-7-14(12-24)9-15(1)21-16;1-3-14-10-16-5-7-18(22-16)19-8-6-17(23-19)11-15-4-2-13(21-15)9-12(1)20-14;;;;;;/h1-13H;9-11,18-19H,1-8H2;4*1H3;;/q6*-1;;+3. The molecule has 53 heavy (non-hydrogen) atoms. The molecule has 0 spiro atoms. The summed E-state index contributed by atoms with van der Waals surface area (Å²) in [6, 6.07) is 12.8. The summed E-state index contributed by atoms with van der Waals surface area (Å²) in [4.78, 5) is 28.4. The summed E-state index contributed by atoms with van der Waals surface area (Å²) in [6.07, 6.45) is 29.4. The van der Waals surface area contributed by atoms with Crippen molar-refractivity contribution in [2.45, 2.75) is 63.5 Å². The van der Waals surface area contributed by atoms with E-state index in [1.165, 1.54) is 34.2 Å². The molecule has 10 rings (SSSR count). The molecular formula is C43H46Co2N8-3. The first-order valence-electron chi connectivity index (χ1n) is 16.6. The Kier molecular flexibility index (Phi) is 15.1. The van der Waals surface area contributed by atoms with Crippen molar-refractivity contribution < 1.29 is 38.0 Å². The van der Waals surface area contributed by atoms with Crippen LogP contribution in [0.1, 0.15) is 74.1 Å². The topological polar surface area (TPSA) is 95.2 Å². The Hall–Kier alpha value is -4.36. The molecule has 1 saturated heterocycles. The third-order valence-electron chi connectivity index (χ3n) is 9.32. The first-order valence-corrected chi connectivity index (χ1v) is 16.6. The fourth-order valence-electron chi connectivity index (χ4n) is 7.03. The van der Waals surface area contributed by atoms with Crippen molar-refractivity contribution >= 4 is 57.9 Å². The van der Waals surface area contributed by atoms with Crippen molar-refractivity contribution in [1.29, 1.82) is 0 Å². The van der Waals surface area contributed by atoms with E-state index in [2.05, 4.69) is 51.5 Å². The first kappa shape index (κ1) is 43.1. The molecule has 0 N–H and O–H groups in total. The van der Waals surface area contributed by atoms with Crippen LogP contribution < -0.4 is 9.38 Å². The first-order chi connectivity index (χ1) is 23.1. The molecule has 1 fully saturated rings. The second kappa shape index (κ2) is 18.6. The minimum absolute atomic E-state index is 0. The third-order valence-corrected chi connectivity index (χ3v) is 9.32. The van der Waals surface area contributed by atoms with E-state index in [0.29, 0.717) is 12.1 Å². The van der Waals surface area contributed by atoms with Gasteiger partial charge in [0.15, 0.2) is 0 Å². The molecule has 3 aromatic heterocycles.